The summed E-state index contributed by atoms with van der Waals surface area (Å²) < 4.78 is 0. The molecule has 106 valence electrons. The first-order chi connectivity index (χ1) is 8.74. The Hall–Kier alpha value is -0.0800. The molecule has 2 rings (SSSR count). The lowest BCUT2D eigenvalue weighted by Crippen LogP contribution is -2.27. The number of hydrogen-bond donors (Lipinski definition) is 1. The van der Waals surface area contributed by atoms with Crippen LogP contribution in [-0.2, 0) is 0 Å². The average molecular weight is 252 g/mol. The molecule has 2 fully saturated rings. The van der Waals surface area contributed by atoms with Crippen molar-refractivity contribution in [3.63, 3.8) is 0 Å². The van der Waals surface area contributed by atoms with Crippen molar-refractivity contribution in [2.75, 3.05) is 26.2 Å². The van der Waals surface area contributed by atoms with E-state index < -0.39 is 0 Å². The molecule has 1 unspecified atom stereocenters. The van der Waals surface area contributed by atoms with Crippen LogP contribution in [0.15, 0.2) is 0 Å². The van der Waals surface area contributed by atoms with Crippen LogP contribution in [-0.4, -0.2) is 37.1 Å². The molecule has 18 heavy (non-hydrogen) atoms. The minimum atomic E-state index is 0.703. The molecule has 0 amide bonds. The van der Waals surface area contributed by atoms with Crippen LogP contribution in [0.2, 0.25) is 0 Å². The molecule has 0 aromatic carbocycles. The van der Waals surface area contributed by atoms with Crippen LogP contribution < -0.4 is 5.32 Å². The van der Waals surface area contributed by atoms with Crippen molar-refractivity contribution in [3.8, 4) is 0 Å². The summed E-state index contributed by atoms with van der Waals surface area (Å²) in [5.74, 6) is 0. The van der Waals surface area contributed by atoms with Crippen molar-refractivity contribution >= 4 is 0 Å². The quantitative estimate of drug-likeness (QED) is 0.698. The normalized spacial score (nSPS) is 25.0. The largest absolute Gasteiger partial charge is 0.315 e. The van der Waals surface area contributed by atoms with Crippen molar-refractivity contribution in [1.29, 1.82) is 0 Å². The van der Waals surface area contributed by atoms with E-state index in [4.69, 9.17) is 0 Å². The minimum Gasteiger partial charge on any atom is -0.315 e. The smallest absolute Gasteiger partial charge is 0.00386 e. The van der Waals surface area contributed by atoms with Gasteiger partial charge in [-0.05, 0) is 64.1 Å². The molecule has 2 heteroatoms. The monoisotopic (exact) mass is 252 g/mol. The van der Waals surface area contributed by atoms with Crippen molar-refractivity contribution in [3.05, 3.63) is 0 Å². The number of nitrogens with one attached hydrogen (secondary N) is 1. The Morgan fingerprint density at radius 3 is 2.67 bits per heavy atom. The molecule has 1 aliphatic heterocycles. The number of unbranched alkanes of at least 4 members (excludes halogenated alkanes) is 1. The summed E-state index contributed by atoms with van der Waals surface area (Å²) in [5.41, 5.74) is 0.761. The average Bonchev–Trinajstić information content (AvgIpc) is 2.97. The van der Waals surface area contributed by atoms with E-state index in [1.54, 1.807) is 0 Å². The van der Waals surface area contributed by atoms with E-state index >= 15 is 0 Å². The molecule has 0 aromatic rings. The Kier molecular flexibility index (Phi) is 5.50. The van der Waals surface area contributed by atoms with Gasteiger partial charge in [-0.1, -0.05) is 26.2 Å². The van der Waals surface area contributed by atoms with Crippen LogP contribution in [0.4, 0.5) is 0 Å². The number of nitrogens with zero attached hydrogens (tertiary/aromatic N) is 1. The van der Waals surface area contributed by atoms with Gasteiger partial charge in [0.1, 0.15) is 0 Å². The van der Waals surface area contributed by atoms with Crippen molar-refractivity contribution in [2.24, 2.45) is 5.41 Å². The lowest BCUT2D eigenvalue weighted by molar-refractivity contribution is 0.256. The molecule has 2 nitrogen and oxygen atoms in total. The van der Waals surface area contributed by atoms with Gasteiger partial charge in [0.05, 0.1) is 0 Å². The van der Waals surface area contributed by atoms with Crippen LogP contribution in [0.1, 0.15) is 65.2 Å². The zero-order chi connectivity index (χ0) is 12.8. The molecule has 1 saturated carbocycles. The lowest BCUT2D eigenvalue weighted by Gasteiger charge is -2.23. The van der Waals surface area contributed by atoms with Gasteiger partial charge in [0.2, 0.25) is 0 Å². The van der Waals surface area contributed by atoms with Crippen LogP contribution in [0.25, 0.3) is 0 Å². The Balaban J connectivity index is 1.55. The van der Waals surface area contributed by atoms with Crippen molar-refractivity contribution < 1.29 is 0 Å². The third-order valence-electron chi connectivity index (χ3n) is 5.10. The van der Waals surface area contributed by atoms with Crippen molar-refractivity contribution in [1.82, 2.24) is 10.2 Å². The second kappa shape index (κ2) is 6.91. The van der Waals surface area contributed by atoms with Crippen LogP contribution in [0, 0.1) is 5.41 Å². The molecular formula is C16H32N2. The molecule has 1 atom stereocenters. The van der Waals surface area contributed by atoms with E-state index in [-0.39, 0.29) is 0 Å². The van der Waals surface area contributed by atoms with Gasteiger partial charge in [-0.25, -0.2) is 0 Å². The molecule has 1 spiro atoms. The van der Waals surface area contributed by atoms with Crippen LogP contribution in [0.5, 0.6) is 0 Å². The van der Waals surface area contributed by atoms with E-state index in [1.807, 2.05) is 0 Å². The third kappa shape index (κ3) is 3.96. The van der Waals surface area contributed by atoms with E-state index in [0.29, 0.717) is 6.04 Å². The SMILES string of the molecule is CCNC(C)CCCCN1CCC2(CCCC2)C1. The summed E-state index contributed by atoms with van der Waals surface area (Å²) in [4.78, 5) is 2.74. The highest BCUT2D eigenvalue weighted by Gasteiger charge is 2.39. The van der Waals surface area contributed by atoms with E-state index in [9.17, 15) is 0 Å². The number of rotatable bonds is 7. The predicted octanol–water partition coefficient (Wildman–Crippen LogP) is 3.42. The predicted molar refractivity (Wildman–Crippen MR) is 78.9 cm³/mol. The van der Waals surface area contributed by atoms with Gasteiger partial charge < -0.3 is 10.2 Å². The van der Waals surface area contributed by atoms with Gasteiger partial charge >= 0.3 is 0 Å². The molecule has 0 bridgehead atoms. The Morgan fingerprint density at radius 1 is 1.17 bits per heavy atom. The molecule has 1 N–H and O–H groups in total. The Labute approximate surface area is 114 Å². The molecule has 0 radical (unpaired) electrons. The first-order valence-corrected chi connectivity index (χ1v) is 8.20. The first kappa shape index (κ1) is 14.3. The van der Waals surface area contributed by atoms with Gasteiger partial charge in [0.15, 0.2) is 0 Å². The maximum Gasteiger partial charge on any atom is 0.00386 e. The topological polar surface area (TPSA) is 15.3 Å². The maximum absolute atomic E-state index is 3.50. The zero-order valence-electron chi connectivity index (χ0n) is 12.5. The molecule has 1 aliphatic carbocycles. The Bertz CT molecular complexity index is 233. The highest BCUT2D eigenvalue weighted by atomic mass is 15.2. The number of hydrogen-bond acceptors (Lipinski definition) is 2. The second-order valence-electron chi connectivity index (χ2n) is 6.69. The number of likely N-dealkylation sites (tertiary alicyclic amines) is 1. The lowest BCUT2D eigenvalue weighted by atomic mass is 9.86. The highest BCUT2D eigenvalue weighted by Crippen LogP contribution is 2.45. The zero-order valence-corrected chi connectivity index (χ0v) is 12.5. The summed E-state index contributed by atoms with van der Waals surface area (Å²) in [7, 11) is 0. The molecule has 0 aromatic heterocycles. The molecule has 1 heterocycles. The van der Waals surface area contributed by atoms with Gasteiger partial charge in [0.25, 0.3) is 0 Å². The fourth-order valence-electron chi connectivity index (χ4n) is 3.99. The summed E-state index contributed by atoms with van der Waals surface area (Å²) >= 11 is 0. The molecule has 2 aliphatic rings. The maximum atomic E-state index is 3.50. The molecular weight excluding hydrogens is 220 g/mol. The highest BCUT2D eigenvalue weighted by molar-refractivity contribution is 4.93. The molecule has 1 saturated heterocycles. The third-order valence-corrected chi connectivity index (χ3v) is 5.10. The summed E-state index contributed by atoms with van der Waals surface area (Å²) in [6.07, 6.45) is 11.6. The van der Waals surface area contributed by atoms with Gasteiger partial charge in [0, 0.05) is 12.6 Å². The standard InChI is InChI=1S/C16H32N2/c1-3-17-15(2)8-4-7-12-18-13-11-16(14-18)9-5-6-10-16/h15,17H,3-14H2,1-2H3. The summed E-state index contributed by atoms with van der Waals surface area (Å²) in [6, 6.07) is 0.703. The minimum absolute atomic E-state index is 0.703. The van der Waals surface area contributed by atoms with E-state index in [1.165, 1.54) is 71.0 Å². The summed E-state index contributed by atoms with van der Waals surface area (Å²) in [5, 5.41) is 3.50. The van der Waals surface area contributed by atoms with E-state index in [0.717, 1.165) is 12.0 Å². The second-order valence-corrected chi connectivity index (χ2v) is 6.69. The van der Waals surface area contributed by atoms with Gasteiger partial charge in [-0.2, -0.15) is 0 Å². The fourth-order valence-corrected chi connectivity index (χ4v) is 3.99. The van der Waals surface area contributed by atoms with E-state index in [2.05, 4.69) is 24.1 Å². The first-order valence-electron chi connectivity index (χ1n) is 8.20. The summed E-state index contributed by atoms with van der Waals surface area (Å²) in [6.45, 7) is 9.75. The van der Waals surface area contributed by atoms with Crippen molar-refractivity contribution in [2.45, 2.75) is 71.3 Å². The van der Waals surface area contributed by atoms with Gasteiger partial charge in [-0.15, -0.1) is 0 Å². The fraction of sp³-hybridized carbons (Fsp3) is 1.00. The van der Waals surface area contributed by atoms with Gasteiger partial charge in [-0.3, -0.25) is 0 Å². The van der Waals surface area contributed by atoms with Crippen LogP contribution in [0.3, 0.4) is 0 Å². The van der Waals surface area contributed by atoms with Crippen LogP contribution >= 0.6 is 0 Å². The Morgan fingerprint density at radius 2 is 1.94 bits per heavy atom.